The van der Waals surface area contributed by atoms with E-state index < -0.39 is 10.0 Å². The van der Waals surface area contributed by atoms with Gasteiger partial charge in [0, 0.05) is 37.9 Å². The lowest BCUT2D eigenvalue weighted by Gasteiger charge is -2.27. The molecule has 0 aliphatic rings. The maximum atomic E-state index is 12.5. The van der Waals surface area contributed by atoms with Crippen molar-refractivity contribution in [2.24, 2.45) is 0 Å². The lowest BCUT2D eigenvalue weighted by molar-refractivity contribution is 0.119. The number of hydrogen-bond donors (Lipinski definition) is 1. The van der Waals surface area contributed by atoms with Gasteiger partial charge in [-0.3, -0.25) is 0 Å². The summed E-state index contributed by atoms with van der Waals surface area (Å²) in [5, 5.41) is 1.61. The first kappa shape index (κ1) is 16.4. The fraction of sp³-hybridized carbons (Fsp3) is 0.636. The zero-order valence-corrected chi connectivity index (χ0v) is 13.0. The number of methoxy groups -OCH3 is 2. The molecule has 1 rings (SSSR count). The van der Waals surface area contributed by atoms with Crippen LogP contribution in [-0.2, 0) is 19.5 Å². The maximum Gasteiger partial charge on any atom is 0.253 e. The Bertz CT molecular complexity index is 487. The molecule has 1 heterocycles. The summed E-state index contributed by atoms with van der Waals surface area (Å²) in [6, 6.07) is 1.20. The fourth-order valence-electron chi connectivity index (χ4n) is 1.66. The standard InChI is InChI=1S/C11H20N2O4S2/c1-9(7-17-3)13(4-5-16-2)19(14,15)11-6-10(12)8-18-11/h6,8-9H,4-5,7,12H2,1-3H3. The number of nitrogen functional groups attached to an aromatic ring is 1. The van der Waals surface area contributed by atoms with Crippen LogP contribution in [0.2, 0.25) is 0 Å². The van der Waals surface area contributed by atoms with Gasteiger partial charge in [0.2, 0.25) is 0 Å². The Balaban J connectivity index is 3.01. The smallest absolute Gasteiger partial charge is 0.253 e. The molecule has 1 aromatic rings. The largest absolute Gasteiger partial charge is 0.398 e. The minimum atomic E-state index is -3.56. The first-order valence-corrected chi connectivity index (χ1v) is 8.09. The number of sulfonamides is 1. The van der Waals surface area contributed by atoms with E-state index in [1.165, 1.54) is 17.5 Å². The molecule has 19 heavy (non-hydrogen) atoms. The Morgan fingerprint density at radius 3 is 2.58 bits per heavy atom. The highest BCUT2D eigenvalue weighted by Gasteiger charge is 2.30. The minimum absolute atomic E-state index is 0.240. The summed E-state index contributed by atoms with van der Waals surface area (Å²) in [7, 11) is -0.483. The molecule has 2 N–H and O–H groups in total. The van der Waals surface area contributed by atoms with Gasteiger partial charge in [0.15, 0.2) is 0 Å². The lowest BCUT2D eigenvalue weighted by Crippen LogP contribution is -2.42. The van der Waals surface area contributed by atoms with Gasteiger partial charge >= 0.3 is 0 Å². The summed E-state index contributed by atoms with van der Waals surface area (Å²) in [5.74, 6) is 0. The van der Waals surface area contributed by atoms with E-state index in [1.807, 2.05) is 0 Å². The van der Waals surface area contributed by atoms with Crippen molar-refractivity contribution < 1.29 is 17.9 Å². The molecule has 110 valence electrons. The second-order valence-corrected chi connectivity index (χ2v) is 7.14. The molecule has 0 fully saturated rings. The van der Waals surface area contributed by atoms with E-state index in [4.69, 9.17) is 15.2 Å². The summed E-state index contributed by atoms with van der Waals surface area (Å²) in [6.45, 7) is 2.73. The number of rotatable bonds is 8. The molecule has 1 unspecified atom stereocenters. The van der Waals surface area contributed by atoms with Gasteiger partial charge in [-0.15, -0.1) is 11.3 Å². The zero-order valence-electron chi connectivity index (χ0n) is 11.3. The van der Waals surface area contributed by atoms with E-state index in [-0.39, 0.29) is 16.8 Å². The normalized spacial score (nSPS) is 13.9. The SMILES string of the molecule is COCCN(C(C)COC)S(=O)(=O)c1cc(N)cs1. The van der Waals surface area contributed by atoms with Crippen molar-refractivity contribution in [3.8, 4) is 0 Å². The Hall–Kier alpha value is -0.670. The van der Waals surface area contributed by atoms with E-state index in [1.54, 1.807) is 19.4 Å². The van der Waals surface area contributed by atoms with E-state index in [9.17, 15) is 8.42 Å². The summed E-state index contributed by atoms with van der Waals surface area (Å²) in [6.07, 6.45) is 0. The highest BCUT2D eigenvalue weighted by molar-refractivity contribution is 7.91. The third kappa shape index (κ3) is 4.15. The number of nitrogens with zero attached hydrogens (tertiary/aromatic N) is 1. The van der Waals surface area contributed by atoms with Gasteiger partial charge in [-0.05, 0) is 13.0 Å². The average Bonchev–Trinajstić information content (AvgIpc) is 2.77. The number of thiophene rings is 1. The van der Waals surface area contributed by atoms with Gasteiger partial charge in [0.25, 0.3) is 10.0 Å². The topological polar surface area (TPSA) is 81.9 Å². The van der Waals surface area contributed by atoms with Crippen LogP contribution in [0.15, 0.2) is 15.7 Å². The quantitative estimate of drug-likeness (QED) is 0.775. The molecule has 0 saturated carbocycles. The van der Waals surface area contributed by atoms with Crippen molar-refractivity contribution >= 4 is 27.0 Å². The van der Waals surface area contributed by atoms with Crippen LogP contribution in [0, 0.1) is 0 Å². The Labute approximate surface area is 118 Å². The van der Waals surface area contributed by atoms with E-state index in [0.29, 0.717) is 18.9 Å². The van der Waals surface area contributed by atoms with E-state index in [0.717, 1.165) is 11.3 Å². The molecule has 0 amide bonds. The van der Waals surface area contributed by atoms with Crippen LogP contribution in [0.25, 0.3) is 0 Å². The average molecular weight is 308 g/mol. The molecule has 1 atom stereocenters. The molecule has 0 aliphatic heterocycles. The van der Waals surface area contributed by atoms with Crippen molar-refractivity contribution in [1.29, 1.82) is 0 Å². The zero-order chi connectivity index (χ0) is 14.5. The molecule has 0 spiro atoms. The number of hydrogen-bond acceptors (Lipinski definition) is 6. The minimum Gasteiger partial charge on any atom is -0.398 e. The van der Waals surface area contributed by atoms with Crippen molar-refractivity contribution in [1.82, 2.24) is 4.31 Å². The van der Waals surface area contributed by atoms with E-state index in [2.05, 4.69) is 0 Å². The molecule has 0 aromatic carbocycles. The summed E-state index contributed by atoms with van der Waals surface area (Å²) < 4.78 is 36.7. The van der Waals surface area contributed by atoms with Gasteiger partial charge in [-0.2, -0.15) is 4.31 Å². The highest BCUT2D eigenvalue weighted by atomic mass is 32.2. The van der Waals surface area contributed by atoms with Crippen LogP contribution >= 0.6 is 11.3 Å². The van der Waals surface area contributed by atoms with Crippen LogP contribution < -0.4 is 5.73 Å². The monoisotopic (exact) mass is 308 g/mol. The predicted octanol–water partition coefficient (Wildman–Crippen LogP) is 1.00. The third-order valence-electron chi connectivity index (χ3n) is 2.57. The molecule has 8 heteroatoms. The van der Waals surface area contributed by atoms with Crippen LogP contribution in [0.1, 0.15) is 6.92 Å². The number of nitrogens with two attached hydrogens (primary N) is 1. The molecule has 0 bridgehead atoms. The van der Waals surface area contributed by atoms with Gasteiger partial charge < -0.3 is 15.2 Å². The van der Waals surface area contributed by atoms with Crippen molar-refractivity contribution in [3.63, 3.8) is 0 Å². The van der Waals surface area contributed by atoms with E-state index >= 15 is 0 Å². The van der Waals surface area contributed by atoms with Crippen molar-refractivity contribution in [2.45, 2.75) is 17.2 Å². The van der Waals surface area contributed by atoms with Crippen LogP contribution in [0.5, 0.6) is 0 Å². The molecule has 6 nitrogen and oxygen atoms in total. The lowest BCUT2D eigenvalue weighted by atomic mass is 10.3. The third-order valence-corrected chi connectivity index (χ3v) is 6.02. The van der Waals surface area contributed by atoms with Crippen molar-refractivity contribution in [3.05, 3.63) is 11.4 Å². The predicted molar refractivity (Wildman–Crippen MR) is 75.8 cm³/mol. The van der Waals surface area contributed by atoms with Gasteiger partial charge in [-0.1, -0.05) is 0 Å². The Morgan fingerprint density at radius 2 is 2.11 bits per heavy atom. The number of ether oxygens (including phenoxy) is 2. The molecule has 0 saturated heterocycles. The molecular weight excluding hydrogens is 288 g/mol. The molecule has 1 aromatic heterocycles. The van der Waals surface area contributed by atoms with Crippen LogP contribution in [0.3, 0.4) is 0 Å². The van der Waals surface area contributed by atoms with Gasteiger partial charge in [0.1, 0.15) is 4.21 Å². The van der Waals surface area contributed by atoms with Gasteiger partial charge in [-0.25, -0.2) is 8.42 Å². The van der Waals surface area contributed by atoms with Crippen LogP contribution in [-0.4, -0.2) is 52.7 Å². The second kappa shape index (κ2) is 7.20. The van der Waals surface area contributed by atoms with Crippen LogP contribution in [0.4, 0.5) is 5.69 Å². The Kier molecular flexibility index (Phi) is 6.21. The summed E-state index contributed by atoms with van der Waals surface area (Å²) in [4.78, 5) is 0. The first-order valence-electron chi connectivity index (χ1n) is 5.77. The Morgan fingerprint density at radius 1 is 1.42 bits per heavy atom. The highest BCUT2D eigenvalue weighted by Crippen LogP contribution is 2.26. The summed E-state index contributed by atoms with van der Waals surface area (Å²) in [5.41, 5.74) is 6.04. The fourth-order valence-corrected chi connectivity index (χ4v) is 4.47. The molecule has 0 aliphatic carbocycles. The molecule has 0 radical (unpaired) electrons. The molecular formula is C11H20N2O4S2. The van der Waals surface area contributed by atoms with Crippen molar-refractivity contribution in [2.75, 3.05) is 39.7 Å². The maximum absolute atomic E-state index is 12.5. The number of anilines is 1. The first-order chi connectivity index (χ1) is 8.93. The summed E-state index contributed by atoms with van der Waals surface area (Å²) >= 11 is 1.12. The second-order valence-electron chi connectivity index (χ2n) is 4.11. The van der Waals surface area contributed by atoms with Gasteiger partial charge in [0.05, 0.1) is 13.2 Å².